The van der Waals surface area contributed by atoms with Crippen LogP contribution in [0.25, 0.3) is 0 Å². The SMILES string of the molecule is Cc1cc(NC(=O)CN2CCCNCC2)cnc1Br. The molecule has 6 heteroatoms. The maximum absolute atomic E-state index is 12.0. The van der Waals surface area contributed by atoms with Crippen molar-refractivity contribution in [3.63, 3.8) is 0 Å². The number of aromatic nitrogens is 1. The van der Waals surface area contributed by atoms with Crippen molar-refractivity contribution in [1.82, 2.24) is 15.2 Å². The minimum atomic E-state index is 0.0189. The van der Waals surface area contributed by atoms with E-state index in [9.17, 15) is 4.79 Å². The van der Waals surface area contributed by atoms with E-state index in [-0.39, 0.29) is 5.91 Å². The fourth-order valence-corrected chi connectivity index (χ4v) is 2.31. The van der Waals surface area contributed by atoms with Crippen LogP contribution in [-0.2, 0) is 4.79 Å². The Morgan fingerprint density at radius 2 is 2.37 bits per heavy atom. The van der Waals surface area contributed by atoms with Gasteiger partial charge in [0.15, 0.2) is 0 Å². The molecule has 104 valence electrons. The van der Waals surface area contributed by atoms with E-state index >= 15 is 0 Å². The molecule has 1 fully saturated rings. The van der Waals surface area contributed by atoms with Crippen LogP contribution in [0.5, 0.6) is 0 Å². The highest BCUT2D eigenvalue weighted by Crippen LogP contribution is 2.16. The third-order valence-corrected chi connectivity index (χ3v) is 3.93. The van der Waals surface area contributed by atoms with E-state index in [0.29, 0.717) is 6.54 Å². The van der Waals surface area contributed by atoms with Gasteiger partial charge in [0.25, 0.3) is 0 Å². The Morgan fingerprint density at radius 3 is 3.16 bits per heavy atom. The first-order valence-electron chi connectivity index (χ1n) is 6.50. The molecule has 0 bridgehead atoms. The van der Waals surface area contributed by atoms with E-state index in [1.54, 1.807) is 6.20 Å². The Morgan fingerprint density at radius 1 is 1.53 bits per heavy atom. The molecule has 0 spiro atoms. The summed E-state index contributed by atoms with van der Waals surface area (Å²) in [5.74, 6) is 0.0189. The summed E-state index contributed by atoms with van der Waals surface area (Å²) in [4.78, 5) is 18.3. The highest BCUT2D eigenvalue weighted by Gasteiger charge is 2.13. The first kappa shape index (κ1) is 14.4. The summed E-state index contributed by atoms with van der Waals surface area (Å²) >= 11 is 3.34. The number of hydrogen-bond donors (Lipinski definition) is 2. The molecule has 1 aliphatic heterocycles. The van der Waals surface area contributed by atoms with Gasteiger partial charge in [0.05, 0.1) is 18.4 Å². The lowest BCUT2D eigenvalue weighted by Crippen LogP contribution is -2.35. The largest absolute Gasteiger partial charge is 0.324 e. The summed E-state index contributed by atoms with van der Waals surface area (Å²) in [6.07, 6.45) is 2.76. The maximum Gasteiger partial charge on any atom is 0.238 e. The van der Waals surface area contributed by atoms with Crippen molar-refractivity contribution in [3.8, 4) is 0 Å². The Balaban J connectivity index is 1.87. The number of amides is 1. The Labute approximate surface area is 121 Å². The molecule has 1 aromatic rings. The predicted octanol–water partition coefficient (Wildman–Crippen LogP) is 1.39. The molecule has 2 heterocycles. The lowest BCUT2D eigenvalue weighted by Gasteiger charge is -2.18. The second kappa shape index (κ2) is 6.98. The standard InChI is InChI=1S/C13H19BrN4O/c1-10-7-11(8-16-13(10)14)17-12(19)9-18-5-2-3-15-4-6-18/h7-8,15H,2-6,9H2,1H3,(H,17,19). The van der Waals surface area contributed by atoms with E-state index in [1.807, 2.05) is 13.0 Å². The number of hydrogen-bond acceptors (Lipinski definition) is 4. The second-order valence-electron chi connectivity index (χ2n) is 4.76. The number of carbonyl (C=O) groups excluding carboxylic acids is 1. The summed E-state index contributed by atoms with van der Waals surface area (Å²) < 4.78 is 0.809. The van der Waals surface area contributed by atoms with Crippen LogP contribution in [0.1, 0.15) is 12.0 Å². The van der Waals surface area contributed by atoms with Crippen molar-refractivity contribution in [2.45, 2.75) is 13.3 Å². The van der Waals surface area contributed by atoms with E-state index in [0.717, 1.165) is 48.5 Å². The van der Waals surface area contributed by atoms with Crippen LogP contribution in [0.2, 0.25) is 0 Å². The van der Waals surface area contributed by atoms with Gasteiger partial charge in [-0.1, -0.05) is 0 Å². The van der Waals surface area contributed by atoms with Crippen LogP contribution in [0, 0.1) is 6.92 Å². The van der Waals surface area contributed by atoms with Gasteiger partial charge in [0, 0.05) is 13.1 Å². The van der Waals surface area contributed by atoms with Gasteiger partial charge >= 0.3 is 0 Å². The van der Waals surface area contributed by atoms with E-state index in [4.69, 9.17) is 0 Å². The zero-order chi connectivity index (χ0) is 13.7. The van der Waals surface area contributed by atoms with Gasteiger partial charge in [0.1, 0.15) is 4.60 Å². The molecule has 0 saturated carbocycles. The smallest absolute Gasteiger partial charge is 0.238 e. The van der Waals surface area contributed by atoms with Crippen LogP contribution in [0.3, 0.4) is 0 Å². The van der Waals surface area contributed by atoms with Crippen LogP contribution in [-0.4, -0.2) is 48.5 Å². The zero-order valence-corrected chi connectivity index (χ0v) is 12.7. The molecule has 1 amide bonds. The minimum Gasteiger partial charge on any atom is -0.324 e. The van der Waals surface area contributed by atoms with Gasteiger partial charge in [-0.3, -0.25) is 9.69 Å². The van der Waals surface area contributed by atoms with Crippen molar-refractivity contribution in [2.75, 3.05) is 38.0 Å². The molecule has 1 aliphatic rings. The van der Waals surface area contributed by atoms with E-state index < -0.39 is 0 Å². The molecule has 0 unspecified atom stereocenters. The summed E-state index contributed by atoms with van der Waals surface area (Å²) in [6, 6.07) is 1.92. The van der Waals surface area contributed by atoms with Crippen LogP contribution < -0.4 is 10.6 Å². The minimum absolute atomic E-state index is 0.0189. The average molecular weight is 327 g/mol. The molecule has 0 aliphatic carbocycles. The van der Waals surface area contributed by atoms with E-state index in [2.05, 4.69) is 36.4 Å². The molecule has 2 rings (SSSR count). The average Bonchev–Trinajstić information content (AvgIpc) is 2.62. The molecular formula is C13H19BrN4O. The molecule has 2 N–H and O–H groups in total. The summed E-state index contributed by atoms with van der Waals surface area (Å²) in [6.45, 7) is 6.27. The van der Waals surface area contributed by atoms with Gasteiger partial charge in [-0.2, -0.15) is 0 Å². The van der Waals surface area contributed by atoms with Gasteiger partial charge in [-0.15, -0.1) is 0 Å². The molecule has 0 aromatic carbocycles. The topological polar surface area (TPSA) is 57.3 Å². The first-order valence-corrected chi connectivity index (χ1v) is 7.29. The fourth-order valence-electron chi connectivity index (χ4n) is 2.09. The first-order chi connectivity index (χ1) is 9.15. The number of aryl methyl sites for hydroxylation is 1. The van der Waals surface area contributed by atoms with Crippen molar-refractivity contribution in [3.05, 3.63) is 22.4 Å². The normalized spacial score (nSPS) is 16.9. The van der Waals surface area contributed by atoms with Crippen LogP contribution in [0.15, 0.2) is 16.9 Å². The Kier molecular flexibility index (Phi) is 5.30. The molecule has 5 nitrogen and oxygen atoms in total. The molecule has 0 radical (unpaired) electrons. The number of halogens is 1. The number of anilines is 1. The number of pyridine rings is 1. The number of nitrogens with zero attached hydrogens (tertiary/aromatic N) is 2. The van der Waals surface area contributed by atoms with Gasteiger partial charge in [0.2, 0.25) is 5.91 Å². The highest BCUT2D eigenvalue weighted by atomic mass is 79.9. The summed E-state index contributed by atoms with van der Waals surface area (Å²) in [5.41, 5.74) is 1.76. The zero-order valence-electron chi connectivity index (χ0n) is 11.1. The highest BCUT2D eigenvalue weighted by molar-refractivity contribution is 9.10. The quantitative estimate of drug-likeness (QED) is 0.824. The van der Waals surface area contributed by atoms with Crippen molar-refractivity contribution >= 4 is 27.5 Å². The monoisotopic (exact) mass is 326 g/mol. The molecule has 0 atom stereocenters. The third-order valence-electron chi connectivity index (χ3n) is 3.10. The van der Waals surface area contributed by atoms with Crippen LogP contribution in [0.4, 0.5) is 5.69 Å². The van der Waals surface area contributed by atoms with Crippen molar-refractivity contribution in [2.24, 2.45) is 0 Å². The van der Waals surface area contributed by atoms with Crippen molar-refractivity contribution in [1.29, 1.82) is 0 Å². The Bertz CT molecular complexity index is 444. The number of nitrogens with one attached hydrogen (secondary N) is 2. The third kappa shape index (κ3) is 4.56. The van der Waals surface area contributed by atoms with Gasteiger partial charge < -0.3 is 10.6 Å². The Hall–Kier alpha value is -0.980. The predicted molar refractivity (Wildman–Crippen MR) is 79.2 cm³/mol. The molecule has 1 saturated heterocycles. The van der Waals surface area contributed by atoms with E-state index in [1.165, 1.54) is 0 Å². The van der Waals surface area contributed by atoms with Crippen LogP contribution >= 0.6 is 15.9 Å². The summed E-state index contributed by atoms with van der Waals surface area (Å²) in [5, 5.41) is 6.22. The lowest BCUT2D eigenvalue weighted by molar-refractivity contribution is -0.117. The number of rotatable bonds is 3. The number of carbonyl (C=O) groups is 1. The summed E-state index contributed by atoms with van der Waals surface area (Å²) in [7, 11) is 0. The second-order valence-corrected chi connectivity index (χ2v) is 5.51. The lowest BCUT2D eigenvalue weighted by atomic mass is 10.3. The molecule has 19 heavy (non-hydrogen) atoms. The fraction of sp³-hybridized carbons (Fsp3) is 0.538. The van der Waals surface area contributed by atoms with Gasteiger partial charge in [-0.25, -0.2) is 4.98 Å². The maximum atomic E-state index is 12.0. The van der Waals surface area contributed by atoms with Crippen molar-refractivity contribution < 1.29 is 4.79 Å². The molecule has 1 aromatic heterocycles. The van der Waals surface area contributed by atoms with Gasteiger partial charge in [-0.05, 0) is 54.0 Å². The molecular weight excluding hydrogens is 308 g/mol.